The number of amides is 2. The number of methoxy groups -OCH3 is 2. The Bertz CT molecular complexity index is 2460. The van der Waals surface area contributed by atoms with Gasteiger partial charge in [-0.15, -0.1) is 0 Å². The number of aryl methyl sites for hydroxylation is 2. The van der Waals surface area contributed by atoms with Gasteiger partial charge < -0.3 is 52.1 Å². The minimum atomic E-state index is -1.31. The van der Waals surface area contributed by atoms with Crippen LogP contribution in [0.15, 0.2) is 53.9 Å². The first-order valence-corrected chi connectivity index (χ1v) is 24.7. The van der Waals surface area contributed by atoms with E-state index in [-0.39, 0.29) is 69.8 Å². The maximum absolute atomic E-state index is 13.0. The summed E-state index contributed by atoms with van der Waals surface area (Å²) in [6.07, 6.45) is 9.26. The third-order valence-corrected chi connectivity index (χ3v) is 12.2. The van der Waals surface area contributed by atoms with E-state index in [0.29, 0.717) is 40.4 Å². The molecule has 2 aromatic carbocycles. The van der Waals surface area contributed by atoms with Crippen LogP contribution in [0.3, 0.4) is 0 Å². The van der Waals surface area contributed by atoms with E-state index < -0.39 is 22.0 Å². The van der Waals surface area contributed by atoms with Gasteiger partial charge in [-0.2, -0.15) is 4.98 Å². The molecule has 0 spiro atoms. The van der Waals surface area contributed by atoms with Gasteiger partial charge in [-0.25, -0.2) is 24.5 Å². The lowest BCUT2D eigenvalue weighted by molar-refractivity contribution is 0.0480. The Hall–Kier alpha value is -6.41. The number of hydrogen-bond donors (Lipinski definition) is 6. The number of ketones is 2. The van der Waals surface area contributed by atoms with Gasteiger partial charge in [-0.3, -0.25) is 13.8 Å². The number of carbonyl (C=O) groups excluding carboxylic acids is 4. The van der Waals surface area contributed by atoms with Crippen LogP contribution in [-0.2, 0) is 20.3 Å². The van der Waals surface area contributed by atoms with Crippen LogP contribution in [-0.4, -0.2) is 103 Å². The summed E-state index contributed by atoms with van der Waals surface area (Å²) in [5.74, 6) is 1.21. The van der Waals surface area contributed by atoms with Gasteiger partial charge in [-0.1, -0.05) is 30.2 Å². The van der Waals surface area contributed by atoms with Crippen molar-refractivity contribution in [3.05, 3.63) is 82.2 Å². The van der Waals surface area contributed by atoms with Gasteiger partial charge in [0, 0.05) is 42.3 Å². The van der Waals surface area contributed by atoms with Crippen LogP contribution in [0.25, 0.3) is 0 Å². The number of nitrogen functional groups attached to an aromatic ring is 2. The smallest absolute Gasteiger partial charge is 0.407 e. The molecule has 20 heteroatoms. The molecule has 2 aliphatic carbocycles. The van der Waals surface area contributed by atoms with Crippen LogP contribution < -0.4 is 42.6 Å². The van der Waals surface area contributed by atoms with E-state index in [1.54, 1.807) is 31.2 Å². The van der Waals surface area contributed by atoms with Crippen molar-refractivity contribution in [3.8, 4) is 11.5 Å². The Kier molecular flexibility index (Phi) is 20.4. The zero-order valence-electron chi connectivity index (χ0n) is 42.4. The summed E-state index contributed by atoms with van der Waals surface area (Å²) in [5, 5.41) is 9.23. The molecule has 4 aromatic rings. The van der Waals surface area contributed by atoms with Crippen LogP contribution in [0, 0.1) is 13.8 Å². The number of rotatable bonds is 12. The number of ether oxygens (including phenoxy) is 4. The fourth-order valence-corrected chi connectivity index (χ4v) is 8.13. The zero-order valence-corrected chi connectivity index (χ0v) is 43.2. The molecule has 1 atom stereocenters. The average Bonchev–Trinajstić information content (AvgIpc) is 3.29. The molecule has 70 heavy (non-hydrogen) atoms. The van der Waals surface area contributed by atoms with E-state index in [4.69, 9.17) is 36.1 Å². The van der Waals surface area contributed by atoms with E-state index in [0.717, 1.165) is 62.5 Å². The monoisotopic (exact) mass is 989 g/mol. The number of nitrogens with zero attached hydrogens (tertiary/aromatic N) is 4. The summed E-state index contributed by atoms with van der Waals surface area (Å²) < 4.78 is 32.7. The molecule has 2 heterocycles. The van der Waals surface area contributed by atoms with Crippen LogP contribution >= 0.6 is 0 Å². The highest BCUT2D eigenvalue weighted by Crippen LogP contribution is 2.28. The van der Waals surface area contributed by atoms with Gasteiger partial charge in [0.1, 0.15) is 34.3 Å². The number of alkyl carbamates (subject to hydrolysis) is 2. The number of carbonyl (C=O) groups is 4. The molecular weight excluding hydrogens is 917 g/mol. The van der Waals surface area contributed by atoms with Crippen molar-refractivity contribution < 1.29 is 42.3 Å². The first-order valence-electron chi connectivity index (χ1n) is 23.4. The van der Waals surface area contributed by atoms with E-state index in [2.05, 4.69) is 35.9 Å². The third-order valence-electron chi connectivity index (χ3n) is 11.0. The van der Waals surface area contributed by atoms with Gasteiger partial charge in [0.2, 0.25) is 22.7 Å². The molecule has 1 unspecified atom stereocenters. The topological polar surface area (TPSA) is 288 Å². The second-order valence-corrected chi connectivity index (χ2v) is 20.9. The Balaban J connectivity index is 0.000000248. The minimum absolute atomic E-state index is 0.0142. The van der Waals surface area contributed by atoms with Gasteiger partial charge in [0.25, 0.3) is 0 Å². The molecule has 0 bridgehead atoms. The third kappa shape index (κ3) is 17.5. The number of aromatic nitrogens is 4. The number of nitrogens with one attached hydrogen (secondary N) is 3. The number of benzene rings is 2. The standard InChI is InChI=1S/C24H33N5O4.C15H17N3O3S.C11H22N2O2/c1-14-6-11-19(32-5)17(12-14)20(30)18-13-26-22(29-21(18)25)27-15-7-9-16(10-8-15)28-23(31)33-24(2,3)4;1-4-22(20)15-17-8-11(14(16)18-15)13(19)10-7-9(2)5-6-12(10)21-3;1-11(2,3)15-10(14)13-9-6-4-8(12)5-7-9/h6,11-13,15-16H,7-10H2,1-5H3,(H,28,31)(H3,25,26,27,29);5-8H,4H2,1-3H3,(H2,16,17,18);8-9H,4-7,12H2,1-3H3,(H,13,14). The second-order valence-electron chi connectivity index (χ2n) is 19.2. The van der Waals surface area contributed by atoms with Gasteiger partial charge in [0.15, 0.2) is 0 Å². The lowest BCUT2D eigenvalue weighted by Crippen LogP contribution is -2.42. The van der Waals surface area contributed by atoms with Gasteiger partial charge in [-0.05, 0) is 131 Å². The van der Waals surface area contributed by atoms with Crippen molar-refractivity contribution in [1.29, 1.82) is 0 Å². The Labute approximate surface area is 414 Å². The Morgan fingerprint density at radius 1 is 0.643 bits per heavy atom. The lowest BCUT2D eigenvalue weighted by atomic mass is 9.91. The highest BCUT2D eigenvalue weighted by Gasteiger charge is 2.27. The molecule has 0 radical (unpaired) electrons. The summed E-state index contributed by atoms with van der Waals surface area (Å²) in [7, 11) is 1.70. The normalized spacial score (nSPS) is 18.2. The van der Waals surface area contributed by atoms with E-state index in [1.165, 1.54) is 26.6 Å². The minimum Gasteiger partial charge on any atom is -0.496 e. The molecule has 0 saturated heterocycles. The number of hydrogen-bond acceptors (Lipinski definition) is 17. The number of nitrogens with two attached hydrogens (primary N) is 3. The maximum Gasteiger partial charge on any atom is 0.407 e. The molecular formula is C50H72N10O9S. The van der Waals surface area contributed by atoms with Crippen molar-refractivity contribution in [2.45, 2.75) is 154 Å². The first-order chi connectivity index (χ1) is 32.9. The van der Waals surface area contributed by atoms with Crippen molar-refractivity contribution in [3.63, 3.8) is 0 Å². The average molecular weight is 989 g/mol. The SMILES string of the molecule is CC(C)(C)OC(=O)NC1CCC(N)CC1.CCS(=O)c1ncc(C(=O)c2cc(C)ccc2OC)c(N)n1.COc1ccc(C)cc1C(=O)c1cnc(NC2CCC(NC(=O)OC(C)(C)C)CC2)nc1N. The molecule has 382 valence electrons. The molecule has 0 aliphatic heterocycles. The molecule has 19 nitrogen and oxygen atoms in total. The highest BCUT2D eigenvalue weighted by atomic mass is 32.2. The van der Waals surface area contributed by atoms with Gasteiger partial charge in [0.05, 0.1) is 47.3 Å². The van der Waals surface area contributed by atoms with Crippen LogP contribution in [0.2, 0.25) is 0 Å². The fraction of sp³-hybridized carbons (Fsp3) is 0.520. The lowest BCUT2D eigenvalue weighted by Gasteiger charge is -2.30. The van der Waals surface area contributed by atoms with Crippen molar-refractivity contribution in [2.75, 3.05) is 36.8 Å². The summed E-state index contributed by atoms with van der Waals surface area (Å²) in [6.45, 7) is 16.7. The van der Waals surface area contributed by atoms with E-state index >= 15 is 0 Å². The predicted octanol–water partition coefficient (Wildman–Crippen LogP) is 7.37. The largest absolute Gasteiger partial charge is 0.496 e. The van der Waals surface area contributed by atoms with E-state index in [9.17, 15) is 23.4 Å². The number of anilines is 3. The summed E-state index contributed by atoms with van der Waals surface area (Å²) in [4.78, 5) is 65.6. The molecule has 2 aliphatic rings. The van der Waals surface area contributed by atoms with Crippen LogP contribution in [0.4, 0.5) is 27.2 Å². The van der Waals surface area contributed by atoms with Crippen molar-refractivity contribution in [1.82, 2.24) is 30.6 Å². The zero-order chi connectivity index (χ0) is 51.9. The molecule has 9 N–H and O–H groups in total. The summed E-state index contributed by atoms with van der Waals surface area (Å²) in [5.41, 5.74) is 19.9. The Morgan fingerprint density at radius 2 is 1.06 bits per heavy atom. The molecule has 2 saturated carbocycles. The predicted molar refractivity (Wildman–Crippen MR) is 271 cm³/mol. The van der Waals surface area contributed by atoms with Crippen molar-refractivity contribution in [2.24, 2.45) is 5.73 Å². The van der Waals surface area contributed by atoms with E-state index in [1.807, 2.05) is 67.5 Å². The summed E-state index contributed by atoms with van der Waals surface area (Å²) in [6, 6.07) is 11.5. The van der Waals surface area contributed by atoms with Gasteiger partial charge >= 0.3 is 12.2 Å². The molecule has 2 aromatic heterocycles. The molecule has 6 rings (SSSR count). The summed E-state index contributed by atoms with van der Waals surface area (Å²) >= 11 is 0. The molecule has 2 amide bonds. The quantitative estimate of drug-likeness (QED) is 0.0596. The maximum atomic E-state index is 13.0. The van der Waals surface area contributed by atoms with Crippen molar-refractivity contribution >= 4 is 52.1 Å². The fourth-order valence-electron chi connectivity index (χ4n) is 7.50. The highest BCUT2D eigenvalue weighted by molar-refractivity contribution is 7.84. The second kappa shape index (κ2) is 25.4. The molecule has 2 fully saturated rings. The van der Waals surface area contributed by atoms with Crippen LogP contribution in [0.5, 0.6) is 11.5 Å². The first kappa shape index (κ1) is 56.2. The van der Waals surface area contributed by atoms with Crippen LogP contribution in [0.1, 0.15) is 143 Å². The Morgan fingerprint density at radius 3 is 1.46 bits per heavy atom.